The van der Waals surface area contributed by atoms with Crippen molar-refractivity contribution >= 4 is 103 Å². The van der Waals surface area contributed by atoms with Crippen LogP contribution in [0, 0.1) is 20.2 Å². The van der Waals surface area contributed by atoms with Crippen LogP contribution in [-0.2, 0) is 20.4 Å². The first-order valence-electron chi connectivity index (χ1n) is 10.7. The Morgan fingerprint density at radius 1 is 0.639 bits per heavy atom. The molecule has 0 heterocycles. The molecular weight excluding hydrogens is 633 g/mol. The molecule has 0 N–H and O–H groups in total. The van der Waals surface area contributed by atoms with Crippen LogP contribution < -0.4 is 0 Å². The van der Waals surface area contributed by atoms with Crippen LogP contribution >= 0.6 is 91.2 Å². The normalized spacial score (nSPS) is 12.1. The largest absolute Gasteiger partial charge is 0.269 e. The van der Waals surface area contributed by atoms with Crippen molar-refractivity contribution in [1.29, 1.82) is 0 Å². The zero-order valence-electron chi connectivity index (χ0n) is 18.7. The Bertz CT molecular complexity index is 980. The van der Waals surface area contributed by atoms with Gasteiger partial charge >= 0.3 is 0 Å². The SMILES string of the molecule is O=[N+]([O-])c1ccc(CCCCSSCCCCc2ccc([N+](=O)[O-])cc2C(Cl)(Cl)Cl)c(C(Cl)(Cl)Cl)c1. The minimum atomic E-state index is -1.72. The van der Waals surface area contributed by atoms with E-state index in [1.165, 1.54) is 24.3 Å². The molecular formula is C22H22Cl6N2O4S2. The molecule has 0 atom stereocenters. The molecule has 0 fully saturated rings. The van der Waals surface area contributed by atoms with Gasteiger partial charge in [0.15, 0.2) is 0 Å². The van der Waals surface area contributed by atoms with Gasteiger partial charge in [-0.25, -0.2) is 0 Å². The van der Waals surface area contributed by atoms with Gasteiger partial charge in [-0.3, -0.25) is 20.2 Å². The van der Waals surface area contributed by atoms with Gasteiger partial charge < -0.3 is 0 Å². The number of alkyl halides is 6. The number of hydrogen-bond donors (Lipinski definition) is 0. The molecule has 14 heteroatoms. The van der Waals surface area contributed by atoms with Crippen LogP contribution in [0.4, 0.5) is 11.4 Å². The van der Waals surface area contributed by atoms with E-state index in [0.29, 0.717) is 24.0 Å². The molecule has 0 aliphatic heterocycles. The number of nitro groups is 2. The summed E-state index contributed by atoms with van der Waals surface area (Å²) in [6, 6.07) is 8.78. The Morgan fingerprint density at radius 2 is 1.00 bits per heavy atom. The Kier molecular flexibility index (Phi) is 13.0. The quantitative estimate of drug-likeness (QED) is 0.0702. The summed E-state index contributed by atoms with van der Waals surface area (Å²) in [6.07, 6.45) is 4.94. The lowest BCUT2D eigenvalue weighted by atomic mass is 10.0. The van der Waals surface area contributed by atoms with Gasteiger partial charge in [0.2, 0.25) is 7.59 Å². The van der Waals surface area contributed by atoms with E-state index >= 15 is 0 Å². The highest BCUT2D eigenvalue weighted by Gasteiger charge is 2.29. The summed E-state index contributed by atoms with van der Waals surface area (Å²) in [6.45, 7) is 0. The summed E-state index contributed by atoms with van der Waals surface area (Å²) >= 11 is 36.0. The first kappa shape index (κ1) is 31.9. The van der Waals surface area contributed by atoms with Crippen molar-refractivity contribution in [2.75, 3.05) is 11.5 Å². The highest BCUT2D eigenvalue weighted by atomic mass is 35.6. The summed E-state index contributed by atoms with van der Waals surface area (Å²) in [5.41, 5.74) is 2.05. The Labute approximate surface area is 247 Å². The fraction of sp³-hybridized carbons (Fsp3) is 0.455. The molecule has 2 aromatic carbocycles. The first-order valence-corrected chi connectivity index (χ1v) is 15.5. The molecule has 0 aromatic heterocycles. The zero-order valence-corrected chi connectivity index (χ0v) is 24.9. The highest BCUT2D eigenvalue weighted by molar-refractivity contribution is 8.76. The summed E-state index contributed by atoms with van der Waals surface area (Å²) in [4.78, 5) is 21.0. The van der Waals surface area contributed by atoms with E-state index < -0.39 is 17.4 Å². The number of nitrogens with zero attached hydrogens (tertiary/aromatic N) is 2. The van der Waals surface area contributed by atoms with E-state index in [-0.39, 0.29) is 11.4 Å². The predicted octanol–water partition coefficient (Wildman–Crippen LogP) is 9.88. The fourth-order valence-corrected chi connectivity index (χ4v) is 6.74. The van der Waals surface area contributed by atoms with Crippen molar-refractivity contribution in [3.8, 4) is 0 Å². The second kappa shape index (κ2) is 14.7. The second-order valence-electron chi connectivity index (χ2n) is 7.75. The lowest BCUT2D eigenvalue weighted by Crippen LogP contribution is -2.07. The summed E-state index contributed by atoms with van der Waals surface area (Å²) in [5.74, 6) is 1.89. The Hall–Kier alpha value is -0.320. The molecule has 0 unspecified atom stereocenters. The molecule has 2 rings (SSSR count). The van der Waals surface area contributed by atoms with Gasteiger partial charge in [0.25, 0.3) is 11.4 Å². The van der Waals surface area contributed by atoms with Crippen LogP contribution in [-0.4, -0.2) is 21.4 Å². The number of aryl methyl sites for hydroxylation is 2. The number of non-ortho nitro benzene ring substituents is 2. The molecule has 0 aliphatic rings. The maximum atomic E-state index is 11.0. The van der Waals surface area contributed by atoms with Crippen LogP contribution in [0.15, 0.2) is 36.4 Å². The van der Waals surface area contributed by atoms with Crippen molar-refractivity contribution in [1.82, 2.24) is 0 Å². The molecule has 198 valence electrons. The first-order chi connectivity index (χ1) is 16.8. The molecule has 0 saturated heterocycles. The molecule has 0 spiro atoms. The van der Waals surface area contributed by atoms with Gasteiger partial charge in [0.1, 0.15) is 0 Å². The lowest BCUT2D eigenvalue weighted by molar-refractivity contribution is -0.385. The highest BCUT2D eigenvalue weighted by Crippen LogP contribution is 2.43. The Morgan fingerprint density at radius 3 is 1.31 bits per heavy atom. The molecule has 36 heavy (non-hydrogen) atoms. The third-order valence-electron chi connectivity index (χ3n) is 5.15. The van der Waals surface area contributed by atoms with Gasteiger partial charge in [0, 0.05) is 46.9 Å². The average Bonchev–Trinajstić information content (AvgIpc) is 2.78. The van der Waals surface area contributed by atoms with Crippen molar-refractivity contribution in [2.24, 2.45) is 0 Å². The van der Waals surface area contributed by atoms with E-state index in [2.05, 4.69) is 0 Å². The smallest absolute Gasteiger partial charge is 0.258 e. The molecule has 0 amide bonds. The number of hydrogen-bond acceptors (Lipinski definition) is 6. The van der Waals surface area contributed by atoms with Gasteiger partial charge in [-0.1, -0.05) is 103 Å². The van der Waals surface area contributed by atoms with Gasteiger partial charge in [-0.05, 0) is 49.7 Å². The third kappa shape index (κ3) is 10.4. The lowest BCUT2D eigenvalue weighted by Gasteiger charge is -2.16. The van der Waals surface area contributed by atoms with E-state index in [9.17, 15) is 20.2 Å². The van der Waals surface area contributed by atoms with Crippen molar-refractivity contribution < 1.29 is 9.85 Å². The molecule has 0 bridgehead atoms. The van der Waals surface area contributed by atoms with Crippen molar-refractivity contribution in [3.05, 3.63) is 78.9 Å². The minimum absolute atomic E-state index is 0.107. The summed E-state index contributed by atoms with van der Waals surface area (Å²) in [5, 5.41) is 22.0. The van der Waals surface area contributed by atoms with Gasteiger partial charge in [-0.2, -0.15) is 0 Å². The molecule has 0 saturated carbocycles. The summed E-state index contributed by atoms with van der Waals surface area (Å²) in [7, 11) is 3.55. The standard InChI is InChI=1S/C22H22Cl6N2O4S2/c23-21(24,25)19-13-17(29(31)32)9-7-15(19)5-1-3-11-35-36-12-4-2-6-16-8-10-18(30(33)34)14-20(16)22(26,27)28/h7-10,13-14H,1-6,11-12H2. The van der Waals surface area contributed by atoms with Gasteiger partial charge in [0.05, 0.1) is 9.85 Å². The van der Waals surface area contributed by atoms with E-state index in [0.717, 1.165) is 48.3 Å². The van der Waals surface area contributed by atoms with E-state index in [1.807, 2.05) is 0 Å². The maximum Gasteiger partial charge on any atom is 0.269 e. The molecule has 6 nitrogen and oxygen atoms in total. The predicted molar refractivity (Wildman–Crippen MR) is 155 cm³/mol. The number of nitro benzene ring substituents is 2. The van der Waals surface area contributed by atoms with Crippen LogP contribution in [0.5, 0.6) is 0 Å². The number of benzene rings is 2. The van der Waals surface area contributed by atoms with E-state index in [1.54, 1.807) is 33.7 Å². The van der Waals surface area contributed by atoms with Crippen LogP contribution in [0.3, 0.4) is 0 Å². The third-order valence-corrected chi connectivity index (χ3v) is 8.95. The topological polar surface area (TPSA) is 86.3 Å². The molecule has 0 aliphatic carbocycles. The number of rotatable bonds is 13. The number of unbranched alkanes of at least 4 members (excludes halogenated alkanes) is 2. The molecule has 2 aromatic rings. The second-order valence-corrected chi connectivity index (χ2v) is 15.0. The van der Waals surface area contributed by atoms with Crippen molar-refractivity contribution in [3.63, 3.8) is 0 Å². The monoisotopic (exact) mass is 652 g/mol. The van der Waals surface area contributed by atoms with Crippen molar-refractivity contribution in [2.45, 2.75) is 46.1 Å². The maximum absolute atomic E-state index is 11.0. The van der Waals surface area contributed by atoms with Crippen LogP contribution in [0.1, 0.15) is 47.9 Å². The van der Waals surface area contributed by atoms with Crippen LogP contribution in [0.2, 0.25) is 0 Å². The minimum Gasteiger partial charge on any atom is -0.258 e. The molecule has 0 radical (unpaired) electrons. The van der Waals surface area contributed by atoms with Gasteiger partial charge in [-0.15, -0.1) is 0 Å². The fourth-order valence-electron chi connectivity index (χ4n) is 3.39. The van der Waals surface area contributed by atoms with Crippen LogP contribution in [0.25, 0.3) is 0 Å². The summed E-state index contributed by atoms with van der Waals surface area (Å²) < 4.78 is -3.44. The van der Waals surface area contributed by atoms with E-state index in [4.69, 9.17) is 69.6 Å². The number of halogens is 6. The average molecular weight is 655 g/mol. The Balaban J connectivity index is 1.70. The zero-order chi connectivity index (χ0) is 26.9.